The van der Waals surface area contributed by atoms with Crippen molar-refractivity contribution in [2.45, 2.75) is 6.92 Å². The van der Waals surface area contributed by atoms with Crippen LogP contribution in [0.25, 0.3) is 29.3 Å². The molecule has 4 aromatic heterocycles. The van der Waals surface area contributed by atoms with Crippen LogP contribution in [-0.4, -0.2) is 12.1 Å². The van der Waals surface area contributed by atoms with Crippen LogP contribution in [0.5, 0.6) is 0 Å². The lowest BCUT2D eigenvalue weighted by Gasteiger charge is -1.94. The highest BCUT2D eigenvalue weighted by Crippen LogP contribution is 2.50. The van der Waals surface area contributed by atoms with E-state index in [1.807, 2.05) is 0 Å². The molecule has 0 amide bonds. The Morgan fingerprint density at radius 1 is 0.697 bits per heavy atom. The van der Waals surface area contributed by atoms with E-state index in [9.17, 15) is 30.6 Å². The van der Waals surface area contributed by atoms with Crippen LogP contribution in [0.4, 0.5) is 0 Å². The van der Waals surface area contributed by atoms with Gasteiger partial charge in [0, 0.05) is 9.75 Å². The van der Waals surface area contributed by atoms with E-state index < -0.39 is 0 Å². The SMILES string of the molecule is CC(=O)c1ccc(-c2sc(-c3sc(-c4ccc(C=O)s4)c(C#N)c3C#N)c(C#N)c2C#N)s1. The van der Waals surface area contributed by atoms with Gasteiger partial charge in [-0.1, -0.05) is 0 Å². The van der Waals surface area contributed by atoms with Gasteiger partial charge in [-0.2, -0.15) is 21.0 Å². The fourth-order valence-corrected chi connectivity index (χ4v) is 7.64. The van der Waals surface area contributed by atoms with Gasteiger partial charge in [-0.05, 0) is 31.2 Å². The zero-order valence-corrected chi connectivity index (χ0v) is 19.9. The van der Waals surface area contributed by atoms with Crippen LogP contribution < -0.4 is 0 Å². The highest BCUT2D eigenvalue weighted by atomic mass is 32.1. The normalized spacial score (nSPS) is 10.1. The third kappa shape index (κ3) is 3.68. The van der Waals surface area contributed by atoms with Gasteiger partial charge in [-0.25, -0.2) is 0 Å². The van der Waals surface area contributed by atoms with Crippen molar-refractivity contribution in [3.63, 3.8) is 0 Å². The van der Waals surface area contributed by atoms with Gasteiger partial charge in [-0.15, -0.1) is 45.3 Å². The van der Waals surface area contributed by atoms with E-state index in [1.54, 1.807) is 24.3 Å². The fourth-order valence-electron chi connectivity index (χ4n) is 3.14. The minimum atomic E-state index is -0.0963. The molecule has 0 aliphatic heterocycles. The molecule has 10 heteroatoms. The molecule has 0 radical (unpaired) electrons. The lowest BCUT2D eigenvalue weighted by atomic mass is 10.1. The zero-order valence-electron chi connectivity index (χ0n) is 16.6. The Morgan fingerprint density at radius 3 is 1.55 bits per heavy atom. The number of Topliss-reactive ketones (excluding diaryl/α,β-unsaturated/α-hetero) is 1. The van der Waals surface area contributed by atoms with Crippen molar-refractivity contribution < 1.29 is 9.59 Å². The third-order valence-electron chi connectivity index (χ3n) is 4.61. The number of carbonyl (C=O) groups is 2. The van der Waals surface area contributed by atoms with Crippen LogP contribution in [-0.2, 0) is 0 Å². The molecule has 0 N–H and O–H groups in total. The Hall–Kier alpha value is -3.90. The molecule has 0 fully saturated rings. The molecule has 6 nitrogen and oxygen atoms in total. The molecule has 0 aliphatic carbocycles. The van der Waals surface area contributed by atoms with Crippen LogP contribution in [0.2, 0.25) is 0 Å². The monoisotopic (exact) mass is 500 g/mol. The topological polar surface area (TPSA) is 129 Å². The van der Waals surface area contributed by atoms with Crippen molar-refractivity contribution in [3.05, 3.63) is 56.3 Å². The molecule has 0 bridgehead atoms. The van der Waals surface area contributed by atoms with Crippen molar-refractivity contribution in [2.24, 2.45) is 0 Å². The predicted molar refractivity (Wildman–Crippen MR) is 129 cm³/mol. The molecule has 0 aliphatic rings. The van der Waals surface area contributed by atoms with Crippen LogP contribution >= 0.6 is 45.3 Å². The first kappa shape index (κ1) is 22.3. The van der Waals surface area contributed by atoms with Gasteiger partial charge in [0.2, 0.25) is 0 Å². The van der Waals surface area contributed by atoms with Crippen molar-refractivity contribution >= 4 is 57.4 Å². The Labute approximate surface area is 204 Å². The summed E-state index contributed by atoms with van der Waals surface area (Å²) in [6, 6.07) is 15.1. The van der Waals surface area contributed by atoms with Gasteiger partial charge in [0.05, 0.1) is 51.5 Å². The summed E-state index contributed by atoms with van der Waals surface area (Å²) in [6.45, 7) is 1.46. The summed E-state index contributed by atoms with van der Waals surface area (Å²) >= 11 is 4.80. The van der Waals surface area contributed by atoms with E-state index in [4.69, 9.17) is 0 Å². The molecule has 0 aromatic carbocycles. The minimum Gasteiger partial charge on any atom is -0.297 e. The number of ketones is 1. The molecule has 0 atom stereocenters. The quantitative estimate of drug-likeness (QED) is 0.229. The van der Waals surface area contributed by atoms with E-state index in [1.165, 1.54) is 52.3 Å². The first-order chi connectivity index (χ1) is 16.0. The van der Waals surface area contributed by atoms with Crippen LogP contribution in [0.15, 0.2) is 24.3 Å². The lowest BCUT2D eigenvalue weighted by molar-refractivity contribution is 0.102. The molecule has 4 heterocycles. The second-order valence-electron chi connectivity index (χ2n) is 6.51. The van der Waals surface area contributed by atoms with Crippen molar-refractivity contribution in [2.75, 3.05) is 0 Å². The molecule has 0 spiro atoms. The highest BCUT2D eigenvalue weighted by Gasteiger charge is 2.28. The molecule has 33 heavy (non-hydrogen) atoms. The molecule has 156 valence electrons. The zero-order chi connectivity index (χ0) is 23.7. The minimum absolute atomic E-state index is 0.0963. The van der Waals surface area contributed by atoms with Gasteiger partial charge in [0.1, 0.15) is 24.3 Å². The van der Waals surface area contributed by atoms with Crippen LogP contribution in [0.3, 0.4) is 0 Å². The van der Waals surface area contributed by atoms with Crippen molar-refractivity contribution in [1.29, 1.82) is 21.0 Å². The van der Waals surface area contributed by atoms with E-state index in [0.29, 0.717) is 39.0 Å². The molecular weight excluding hydrogens is 493 g/mol. The van der Waals surface area contributed by atoms with Crippen molar-refractivity contribution in [1.82, 2.24) is 0 Å². The van der Waals surface area contributed by atoms with Gasteiger partial charge >= 0.3 is 0 Å². The van der Waals surface area contributed by atoms with Gasteiger partial charge in [0.15, 0.2) is 12.1 Å². The number of nitriles is 4. The molecule has 4 aromatic rings. The summed E-state index contributed by atoms with van der Waals surface area (Å²) in [5.41, 5.74) is 0.599. The van der Waals surface area contributed by atoms with E-state index in [-0.39, 0.29) is 28.0 Å². The van der Waals surface area contributed by atoms with Gasteiger partial charge in [0.25, 0.3) is 0 Å². The predicted octanol–water partition coefficient (Wildman–Crippen LogP) is 6.44. The highest BCUT2D eigenvalue weighted by molar-refractivity contribution is 7.29. The maximum absolute atomic E-state index is 11.7. The Balaban J connectivity index is 1.99. The molecule has 0 saturated heterocycles. The van der Waals surface area contributed by atoms with E-state index >= 15 is 0 Å². The maximum Gasteiger partial charge on any atom is 0.169 e. The second-order valence-corrected chi connectivity index (χ2v) is 10.7. The number of hydrogen-bond donors (Lipinski definition) is 0. The lowest BCUT2D eigenvalue weighted by Crippen LogP contribution is -1.84. The van der Waals surface area contributed by atoms with Gasteiger partial charge < -0.3 is 0 Å². The average molecular weight is 501 g/mol. The maximum atomic E-state index is 11.7. The van der Waals surface area contributed by atoms with E-state index in [0.717, 1.165) is 6.29 Å². The number of aldehydes is 1. The number of nitrogens with zero attached hydrogens (tertiary/aromatic N) is 4. The summed E-state index contributed by atoms with van der Waals surface area (Å²) < 4.78 is 0. The molecule has 0 unspecified atom stereocenters. The third-order valence-corrected chi connectivity index (χ3v) is 9.71. The summed E-state index contributed by atoms with van der Waals surface area (Å²) in [5.74, 6) is -0.0963. The molecular formula is C23H8N4O2S4. The summed E-state index contributed by atoms with van der Waals surface area (Å²) in [5, 5.41) is 39.3. The fraction of sp³-hybridized carbons (Fsp3) is 0.0435. The summed E-state index contributed by atoms with van der Waals surface area (Å²) in [4.78, 5) is 27.1. The Morgan fingerprint density at radius 2 is 1.15 bits per heavy atom. The number of thiophene rings is 4. The van der Waals surface area contributed by atoms with Crippen LogP contribution in [0, 0.1) is 45.3 Å². The van der Waals surface area contributed by atoms with Crippen LogP contribution in [0.1, 0.15) is 48.5 Å². The van der Waals surface area contributed by atoms with Gasteiger partial charge in [-0.3, -0.25) is 9.59 Å². The average Bonchev–Trinajstić information content (AvgIpc) is 3.60. The van der Waals surface area contributed by atoms with Crippen molar-refractivity contribution in [3.8, 4) is 53.5 Å². The number of carbonyl (C=O) groups excluding carboxylic acids is 2. The first-order valence-electron chi connectivity index (χ1n) is 9.08. The summed E-state index contributed by atoms with van der Waals surface area (Å²) in [6.07, 6.45) is 0.717. The molecule has 4 rings (SSSR count). The Kier molecular flexibility index (Phi) is 6.03. The molecule has 0 saturated carbocycles. The largest absolute Gasteiger partial charge is 0.297 e. The summed E-state index contributed by atoms with van der Waals surface area (Å²) in [7, 11) is 0. The van der Waals surface area contributed by atoms with E-state index in [2.05, 4.69) is 24.3 Å². The first-order valence-corrected chi connectivity index (χ1v) is 12.3. The Bertz CT molecular complexity index is 1620. The smallest absolute Gasteiger partial charge is 0.169 e. The number of rotatable bonds is 5. The second kappa shape index (κ2) is 8.92. The standard InChI is InChI=1S/C23H8N4O2S4/c1-11(29)17-4-5-19(31-17)21-14(7-25)16(9-27)23(33-21)22-15(8-26)13(6-24)20(32-22)18-3-2-12(10-28)30-18/h2-5,10H,1H3. The number of hydrogen-bond acceptors (Lipinski definition) is 10.